The van der Waals surface area contributed by atoms with Crippen molar-refractivity contribution in [1.82, 2.24) is 10.9 Å². The minimum Gasteiger partial charge on any atom is -0.497 e. The van der Waals surface area contributed by atoms with E-state index >= 15 is 0 Å². The van der Waals surface area contributed by atoms with Crippen molar-refractivity contribution in [2.45, 2.75) is 12.7 Å². The number of thiocarbonyl (C=S) groups is 1. The summed E-state index contributed by atoms with van der Waals surface area (Å²) >= 11 is 6.74. The van der Waals surface area contributed by atoms with Crippen molar-refractivity contribution >= 4 is 40.7 Å². The maximum atomic E-state index is 12.0. The zero-order valence-corrected chi connectivity index (χ0v) is 17.1. The van der Waals surface area contributed by atoms with Crippen LogP contribution in [-0.2, 0) is 10.5 Å². The summed E-state index contributed by atoms with van der Waals surface area (Å²) in [4.78, 5) is 12.0. The molecule has 0 saturated heterocycles. The average molecular weight is 406 g/mol. The number of carbonyl (C=O) groups is 1. The fourth-order valence-electron chi connectivity index (χ4n) is 2.23. The largest absolute Gasteiger partial charge is 0.497 e. The van der Waals surface area contributed by atoms with E-state index in [0.29, 0.717) is 22.9 Å². The summed E-state index contributed by atoms with van der Waals surface area (Å²) in [5, 5.41) is 3.24. The molecule has 2 aromatic carbocycles. The average Bonchev–Trinajstić information content (AvgIpc) is 2.67. The lowest BCUT2D eigenvalue weighted by molar-refractivity contribution is -0.119. The number of anilines is 1. The molecule has 27 heavy (non-hydrogen) atoms. The number of amides is 1. The van der Waals surface area contributed by atoms with Crippen molar-refractivity contribution in [3.8, 4) is 11.5 Å². The second kappa shape index (κ2) is 10.6. The van der Waals surface area contributed by atoms with Crippen LogP contribution in [-0.4, -0.2) is 31.0 Å². The van der Waals surface area contributed by atoms with Crippen LogP contribution in [0.25, 0.3) is 0 Å². The van der Waals surface area contributed by atoms with Crippen LogP contribution in [0, 0.1) is 6.92 Å². The molecule has 0 unspecified atom stereocenters. The first-order chi connectivity index (χ1) is 13.0. The molecule has 2 rings (SSSR count). The molecule has 0 aliphatic rings. The van der Waals surface area contributed by atoms with Crippen molar-refractivity contribution in [3.05, 3.63) is 53.6 Å². The molecule has 0 bridgehead atoms. The Morgan fingerprint density at radius 1 is 1.07 bits per heavy atom. The van der Waals surface area contributed by atoms with Gasteiger partial charge in [0.25, 0.3) is 0 Å². The van der Waals surface area contributed by atoms with Gasteiger partial charge in [-0.1, -0.05) is 24.3 Å². The van der Waals surface area contributed by atoms with Crippen LogP contribution >= 0.6 is 24.0 Å². The summed E-state index contributed by atoms with van der Waals surface area (Å²) in [7, 11) is 3.15. The van der Waals surface area contributed by atoms with Gasteiger partial charge in [-0.3, -0.25) is 15.6 Å². The molecular weight excluding hydrogens is 382 g/mol. The molecule has 0 aromatic heterocycles. The summed E-state index contributed by atoms with van der Waals surface area (Å²) in [6, 6.07) is 13.4. The Balaban J connectivity index is 1.75. The van der Waals surface area contributed by atoms with Gasteiger partial charge in [0.05, 0.1) is 20.0 Å². The number of ether oxygens (including phenoxy) is 2. The van der Waals surface area contributed by atoms with Gasteiger partial charge in [0, 0.05) is 29.6 Å². The standard InChI is InChI=1S/C19H23N3O3S2/c1-13-6-4-5-7-14(13)11-27-12-18(23)21-22-19(26)20-15-8-16(24-2)10-17(9-15)25-3/h4-10H,11-12H2,1-3H3,(H,21,23)(H2,20,22,26). The first-order valence-electron chi connectivity index (χ1n) is 8.23. The highest BCUT2D eigenvalue weighted by Crippen LogP contribution is 2.25. The number of rotatable bonds is 7. The fraction of sp³-hybridized carbons (Fsp3) is 0.263. The van der Waals surface area contributed by atoms with Gasteiger partial charge in [0.1, 0.15) is 11.5 Å². The topological polar surface area (TPSA) is 71.6 Å². The van der Waals surface area contributed by atoms with Crippen molar-refractivity contribution in [3.63, 3.8) is 0 Å². The van der Waals surface area contributed by atoms with Crippen molar-refractivity contribution < 1.29 is 14.3 Å². The number of nitrogens with one attached hydrogen (secondary N) is 3. The quantitative estimate of drug-likeness (QED) is 0.482. The Kier molecular flexibility index (Phi) is 8.22. The first-order valence-corrected chi connectivity index (χ1v) is 9.79. The molecule has 0 aliphatic heterocycles. The highest BCUT2D eigenvalue weighted by Gasteiger charge is 2.06. The van der Waals surface area contributed by atoms with Crippen LogP contribution in [0.1, 0.15) is 11.1 Å². The van der Waals surface area contributed by atoms with Crippen LogP contribution < -0.4 is 25.6 Å². The SMILES string of the molecule is COc1cc(NC(=S)NNC(=O)CSCc2ccccc2C)cc(OC)c1. The predicted octanol–water partition coefficient (Wildman–Crippen LogP) is 3.26. The van der Waals surface area contributed by atoms with E-state index < -0.39 is 0 Å². The Bertz CT molecular complexity index is 777. The molecule has 0 atom stereocenters. The predicted molar refractivity (Wildman–Crippen MR) is 114 cm³/mol. The third-order valence-corrected chi connectivity index (χ3v) is 4.86. The van der Waals surface area contributed by atoms with Gasteiger partial charge in [0.2, 0.25) is 5.91 Å². The van der Waals surface area contributed by atoms with Crippen LogP contribution in [0.15, 0.2) is 42.5 Å². The molecule has 8 heteroatoms. The van der Waals surface area contributed by atoms with Gasteiger partial charge >= 0.3 is 0 Å². The van der Waals surface area contributed by atoms with E-state index in [0.717, 1.165) is 5.75 Å². The molecule has 3 N–H and O–H groups in total. The Hall–Kier alpha value is -2.45. The molecule has 144 valence electrons. The molecule has 2 aromatic rings. The lowest BCUT2D eigenvalue weighted by Gasteiger charge is -2.13. The lowest BCUT2D eigenvalue weighted by atomic mass is 10.1. The number of methoxy groups -OCH3 is 2. The number of carbonyl (C=O) groups excluding carboxylic acids is 1. The zero-order valence-electron chi connectivity index (χ0n) is 15.5. The fourth-order valence-corrected chi connectivity index (χ4v) is 3.30. The smallest absolute Gasteiger partial charge is 0.248 e. The first kappa shape index (κ1) is 20.9. The molecule has 0 saturated carbocycles. The summed E-state index contributed by atoms with van der Waals surface area (Å²) < 4.78 is 10.4. The molecule has 0 heterocycles. The van der Waals surface area contributed by atoms with Crippen LogP contribution in [0.5, 0.6) is 11.5 Å². The van der Waals surface area contributed by atoms with E-state index in [2.05, 4.69) is 35.2 Å². The molecule has 0 radical (unpaired) electrons. The maximum Gasteiger partial charge on any atom is 0.248 e. The Morgan fingerprint density at radius 2 is 1.74 bits per heavy atom. The number of benzene rings is 2. The second-order valence-corrected chi connectivity index (χ2v) is 7.04. The van der Waals surface area contributed by atoms with E-state index in [1.54, 1.807) is 44.2 Å². The highest BCUT2D eigenvalue weighted by molar-refractivity contribution is 7.99. The van der Waals surface area contributed by atoms with E-state index in [9.17, 15) is 4.79 Å². The number of hydrazine groups is 1. The Morgan fingerprint density at radius 3 is 2.37 bits per heavy atom. The van der Waals surface area contributed by atoms with Crippen molar-refractivity contribution in [1.29, 1.82) is 0 Å². The van der Waals surface area contributed by atoms with Gasteiger partial charge in [-0.15, -0.1) is 11.8 Å². The van der Waals surface area contributed by atoms with Gasteiger partial charge in [-0.05, 0) is 30.3 Å². The van der Waals surface area contributed by atoms with Gasteiger partial charge in [-0.2, -0.15) is 0 Å². The molecular formula is C19H23N3O3S2. The number of thioether (sulfide) groups is 1. The third kappa shape index (κ3) is 6.99. The minimum atomic E-state index is -0.152. The molecule has 0 spiro atoms. The van der Waals surface area contributed by atoms with Gasteiger partial charge in [0.15, 0.2) is 5.11 Å². The molecule has 0 fully saturated rings. The van der Waals surface area contributed by atoms with E-state index in [1.807, 2.05) is 12.1 Å². The Labute approximate surface area is 169 Å². The second-order valence-electron chi connectivity index (χ2n) is 5.65. The molecule has 0 aliphatic carbocycles. The molecule has 1 amide bonds. The summed E-state index contributed by atoms with van der Waals surface area (Å²) in [5.41, 5.74) is 8.42. The van der Waals surface area contributed by atoms with Crippen molar-refractivity contribution in [2.24, 2.45) is 0 Å². The normalized spacial score (nSPS) is 10.0. The third-order valence-electron chi connectivity index (χ3n) is 3.68. The highest BCUT2D eigenvalue weighted by atomic mass is 32.2. The van der Waals surface area contributed by atoms with Crippen LogP contribution in [0.2, 0.25) is 0 Å². The number of hydrogen-bond donors (Lipinski definition) is 3. The maximum absolute atomic E-state index is 12.0. The number of aryl methyl sites for hydroxylation is 1. The van der Waals surface area contributed by atoms with E-state index in [4.69, 9.17) is 21.7 Å². The summed E-state index contributed by atoms with van der Waals surface area (Å²) in [6.45, 7) is 2.06. The monoisotopic (exact) mass is 405 g/mol. The van der Waals surface area contributed by atoms with Gasteiger partial charge in [-0.25, -0.2) is 0 Å². The van der Waals surface area contributed by atoms with E-state index in [-0.39, 0.29) is 11.0 Å². The molecule has 6 nitrogen and oxygen atoms in total. The van der Waals surface area contributed by atoms with Crippen LogP contribution in [0.4, 0.5) is 5.69 Å². The lowest BCUT2D eigenvalue weighted by Crippen LogP contribution is -2.44. The zero-order chi connectivity index (χ0) is 19.6. The number of hydrogen-bond acceptors (Lipinski definition) is 5. The van der Waals surface area contributed by atoms with Crippen LogP contribution in [0.3, 0.4) is 0 Å². The van der Waals surface area contributed by atoms with Gasteiger partial charge < -0.3 is 14.8 Å². The van der Waals surface area contributed by atoms with Crippen molar-refractivity contribution in [2.75, 3.05) is 25.3 Å². The van der Waals surface area contributed by atoms with E-state index in [1.165, 1.54) is 11.1 Å². The minimum absolute atomic E-state index is 0.152. The summed E-state index contributed by atoms with van der Waals surface area (Å²) in [6.07, 6.45) is 0. The summed E-state index contributed by atoms with van der Waals surface area (Å²) in [5.74, 6) is 2.23.